The number of fused-ring (bicyclic) bond motifs is 1. The molecule has 5 rings (SSSR count). The number of nitrogens with one attached hydrogen (secondary N) is 1. The zero-order valence-corrected chi connectivity index (χ0v) is 21.2. The van der Waals surface area contributed by atoms with Crippen molar-refractivity contribution in [1.29, 1.82) is 0 Å². The maximum absolute atomic E-state index is 13.3. The molecule has 7 nitrogen and oxygen atoms in total. The maximum Gasteiger partial charge on any atom is 0.233 e. The number of thioether (sulfide) groups is 1. The highest BCUT2D eigenvalue weighted by Gasteiger charge is 2.26. The number of pyridine rings is 1. The number of ether oxygens (including phenoxy) is 1. The lowest BCUT2D eigenvalue weighted by Crippen LogP contribution is -2.36. The van der Waals surface area contributed by atoms with Crippen molar-refractivity contribution in [1.82, 2.24) is 25.1 Å². The fourth-order valence-corrected chi connectivity index (χ4v) is 5.41. The Morgan fingerprint density at radius 3 is 2.67 bits per heavy atom. The molecular weight excluding hydrogens is 470 g/mol. The van der Waals surface area contributed by atoms with E-state index in [-0.39, 0.29) is 17.2 Å². The van der Waals surface area contributed by atoms with E-state index < -0.39 is 0 Å². The summed E-state index contributed by atoms with van der Waals surface area (Å²) in [5, 5.41) is 12.5. The van der Waals surface area contributed by atoms with E-state index >= 15 is 0 Å². The van der Waals surface area contributed by atoms with Crippen LogP contribution in [-0.4, -0.2) is 37.5 Å². The quantitative estimate of drug-likeness (QED) is 0.327. The normalized spacial score (nSPS) is 15.7. The van der Waals surface area contributed by atoms with Gasteiger partial charge in [0, 0.05) is 23.6 Å². The van der Waals surface area contributed by atoms with Gasteiger partial charge in [0.1, 0.15) is 5.75 Å². The summed E-state index contributed by atoms with van der Waals surface area (Å²) in [6.45, 7) is 4.48. The van der Waals surface area contributed by atoms with Gasteiger partial charge in [-0.05, 0) is 80.6 Å². The topological polar surface area (TPSA) is 81.9 Å². The van der Waals surface area contributed by atoms with Crippen molar-refractivity contribution in [3.63, 3.8) is 0 Å². The lowest BCUT2D eigenvalue weighted by molar-refractivity contribution is -0.121. The average Bonchev–Trinajstić information content (AvgIpc) is 3.33. The summed E-state index contributed by atoms with van der Waals surface area (Å²) >= 11 is 1.40. The molecule has 0 saturated carbocycles. The summed E-state index contributed by atoms with van der Waals surface area (Å²) in [6.07, 6.45) is 6.56. The smallest absolute Gasteiger partial charge is 0.233 e. The van der Waals surface area contributed by atoms with Gasteiger partial charge >= 0.3 is 0 Å². The van der Waals surface area contributed by atoms with Crippen LogP contribution in [0.3, 0.4) is 0 Å². The number of benzene rings is 2. The van der Waals surface area contributed by atoms with Gasteiger partial charge in [0.2, 0.25) is 5.91 Å². The molecule has 0 unspecified atom stereocenters. The van der Waals surface area contributed by atoms with Gasteiger partial charge in [0.25, 0.3) is 0 Å². The Hall–Kier alpha value is -3.65. The van der Waals surface area contributed by atoms with E-state index in [1.165, 1.54) is 22.9 Å². The molecule has 0 bridgehead atoms. The Morgan fingerprint density at radius 1 is 1.11 bits per heavy atom. The summed E-state index contributed by atoms with van der Waals surface area (Å²) < 4.78 is 7.59. The van der Waals surface area contributed by atoms with E-state index in [0.29, 0.717) is 17.6 Å². The molecule has 36 heavy (non-hydrogen) atoms. The van der Waals surface area contributed by atoms with Crippen LogP contribution in [0.4, 0.5) is 0 Å². The maximum atomic E-state index is 13.3. The second-order valence-corrected chi connectivity index (χ2v) is 10.0. The Balaban J connectivity index is 1.40. The van der Waals surface area contributed by atoms with Crippen molar-refractivity contribution in [3.8, 4) is 22.8 Å². The van der Waals surface area contributed by atoms with Gasteiger partial charge in [-0.25, -0.2) is 0 Å². The molecule has 0 spiro atoms. The number of nitrogens with zero attached hydrogens (tertiary/aromatic N) is 4. The molecule has 4 aromatic rings. The zero-order valence-electron chi connectivity index (χ0n) is 20.4. The van der Waals surface area contributed by atoms with E-state index in [2.05, 4.69) is 38.7 Å². The first-order valence-electron chi connectivity index (χ1n) is 12.3. The van der Waals surface area contributed by atoms with Crippen LogP contribution in [0.2, 0.25) is 0 Å². The third kappa shape index (κ3) is 5.14. The molecule has 1 aliphatic rings. The molecule has 184 valence electrons. The van der Waals surface area contributed by atoms with E-state index in [0.717, 1.165) is 36.3 Å². The Morgan fingerprint density at radius 2 is 1.89 bits per heavy atom. The third-order valence-corrected chi connectivity index (χ3v) is 7.36. The predicted octanol–water partition coefficient (Wildman–Crippen LogP) is 5.40. The molecule has 0 radical (unpaired) electrons. The van der Waals surface area contributed by atoms with Crippen LogP contribution in [0.5, 0.6) is 5.75 Å². The van der Waals surface area contributed by atoms with Crippen molar-refractivity contribution in [2.45, 2.75) is 49.6 Å². The summed E-state index contributed by atoms with van der Waals surface area (Å²) in [4.78, 5) is 17.4. The molecule has 2 aromatic carbocycles. The summed E-state index contributed by atoms with van der Waals surface area (Å²) in [6, 6.07) is 20.1. The molecule has 8 heteroatoms. The van der Waals surface area contributed by atoms with Crippen LogP contribution >= 0.6 is 11.8 Å². The molecule has 2 atom stereocenters. The lowest BCUT2D eigenvalue weighted by atomic mass is 9.88. The number of hydrogen-bond donors (Lipinski definition) is 1. The largest absolute Gasteiger partial charge is 0.494 e. The number of amides is 1. The predicted molar refractivity (Wildman–Crippen MR) is 141 cm³/mol. The number of carbonyl (C=O) groups is 1. The highest BCUT2D eigenvalue weighted by molar-refractivity contribution is 8.00. The number of rotatable bonds is 8. The van der Waals surface area contributed by atoms with Gasteiger partial charge in [0.05, 0.1) is 17.9 Å². The molecule has 1 N–H and O–H groups in total. The fraction of sp³-hybridized carbons (Fsp3) is 0.286. The van der Waals surface area contributed by atoms with Crippen molar-refractivity contribution >= 4 is 17.7 Å². The van der Waals surface area contributed by atoms with Crippen molar-refractivity contribution in [2.75, 3.05) is 6.61 Å². The van der Waals surface area contributed by atoms with Crippen LogP contribution in [0.15, 0.2) is 78.2 Å². The SMILES string of the molecule is CCOc1ccc(-n2c(S[C@@H](C)C(=O)N[C@@H]3CCCc4ccccc43)nnc2-c2ccncc2)cc1. The second-order valence-electron chi connectivity index (χ2n) is 8.72. The third-order valence-electron chi connectivity index (χ3n) is 6.32. The average molecular weight is 500 g/mol. The van der Waals surface area contributed by atoms with E-state index in [9.17, 15) is 4.79 Å². The van der Waals surface area contributed by atoms with Crippen LogP contribution in [-0.2, 0) is 11.2 Å². The van der Waals surface area contributed by atoms with E-state index in [1.807, 2.05) is 60.9 Å². The molecular formula is C28H29N5O2S. The first kappa shape index (κ1) is 24.1. The summed E-state index contributed by atoms with van der Waals surface area (Å²) in [5.41, 5.74) is 4.35. The van der Waals surface area contributed by atoms with Gasteiger partial charge in [-0.15, -0.1) is 10.2 Å². The standard InChI is InChI=1S/C28H29N5O2S/c1-3-35-23-13-11-22(12-14-23)33-26(21-15-17-29-18-16-21)31-32-28(33)36-19(2)27(34)30-25-10-6-8-20-7-4-5-9-24(20)25/h4-5,7,9,11-19,25H,3,6,8,10H2,1-2H3,(H,30,34)/t19-,25+/m0/s1. The minimum absolute atomic E-state index is 0.00610. The van der Waals surface area contributed by atoms with Crippen LogP contribution < -0.4 is 10.1 Å². The van der Waals surface area contributed by atoms with Crippen molar-refractivity contribution in [3.05, 3.63) is 84.2 Å². The first-order valence-corrected chi connectivity index (χ1v) is 13.2. The molecule has 1 aliphatic carbocycles. The monoisotopic (exact) mass is 499 g/mol. The molecule has 2 heterocycles. The molecule has 0 aliphatic heterocycles. The first-order chi connectivity index (χ1) is 17.6. The van der Waals surface area contributed by atoms with Crippen LogP contribution in [0.25, 0.3) is 17.1 Å². The Labute approximate surface area is 215 Å². The highest BCUT2D eigenvalue weighted by Crippen LogP contribution is 2.33. The minimum atomic E-state index is -0.352. The molecule has 0 fully saturated rings. The molecule has 0 saturated heterocycles. The van der Waals surface area contributed by atoms with Gasteiger partial charge < -0.3 is 10.1 Å². The molecule has 2 aromatic heterocycles. The Bertz CT molecular complexity index is 1320. The summed E-state index contributed by atoms with van der Waals surface area (Å²) in [7, 11) is 0. The lowest BCUT2D eigenvalue weighted by Gasteiger charge is -2.27. The van der Waals surface area contributed by atoms with Gasteiger partial charge in [-0.3, -0.25) is 14.3 Å². The minimum Gasteiger partial charge on any atom is -0.494 e. The highest BCUT2D eigenvalue weighted by atomic mass is 32.2. The Kier molecular flexibility index (Phi) is 7.32. The fourth-order valence-electron chi connectivity index (χ4n) is 4.53. The van der Waals surface area contributed by atoms with Gasteiger partial charge in [0.15, 0.2) is 11.0 Å². The zero-order chi connectivity index (χ0) is 24.9. The van der Waals surface area contributed by atoms with E-state index in [4.69, 9.17) is 4.74 Å². The van der Waals surface area contributed by atoms with E-state index in [1.54, 1.807) is 12.4 Å². The van der Waals surface area contributed by atoms with Crippen molar-refractivity contribution < 1.29 is 9.53 Å². The summed E-state index contributed by atoms with van der Waals surface area (Å²) in [5.74, 6) is 1.49. The number of hydrogen-bond acceptors (Lipinski definition) is 6. The number of carbonyl (C=O) groups excluding carboxylic acids is 1. The molecule has 1 amide bonds. The number of aryl methyl sites for hydroxylation is 1. The van der Waals surface area contributed by atoms with Gasteiger partial charge in [-0.1, -0.05) is 36.0 Å². The number of aromatic nitrogens is 4. The van der Waals surface area contributed by atoms with Gasteiger partial charge in [-0.2, -0.15) is 0 Å². The second kappa shape index (κ2) is 11.0. The van der Waals surface area contributed by atoms with Crippen molar-refractivity contribution in [2.24, 2.45) is 0 Å². The van der Waals surface area contributed by atoms with Crippen LogP contribution in [0, 0.1) is 0 Å². The van der Waals surface area contributed by atoms with Crippen LogP contribution in [0.1, 0.15) is 43.9 Å².